The number of guanidine groups is 1. The summed E-state index contributed by atoms with van der Waals surface area (Å²) in [5.74, 6) is 2.79. The minimum absolute atomic E-state index is 0.427. The maximum absolute atomic E-state index is 5.53. The fourth-order valence-corrected chi connectivity index (χ4v) is 1.66. The molecule has 0 bridgehead atoms. The van der Waals surface area contributed by atoms with Crippen molar-refractivity contribution in [3.63, 3.8) is 0 Å². The number of nitrogens with one attached hydrogen (secondary N) is 2. The van der Waals surface area contributed by atoms with Gasteiger partial charge < -0.3 is 19.8 Å². The van der Waals surface area contributed by atoms with E-state index in [0.29, 0.717) is 25.0 Å². The van der Waals surface area contributed by atoms with Crippen LogP contribution in [0.3, 0.4) is 0 Å². The molecule has 0 radical (unpaired) electrons. The lowest BCUT2D eigenvalue weighted by molar-refractivity contribution is 0.114. The van der Waals surface area contributed by atoms with Crippen molar-refractivity contribution in [1.82, 2.24) is 15.6 Å². The molecule has 6 nitrogen and oxygen atoms in total. The monoisotopic (exact) mass is 296 g/mol. The van der Waals surface area contributed by atoms with Crippen molar-refractivity contribution < 1.29 is 9.15 Å². The molecule has 0 amide bonds. The van der Waals surface area contributed by atoms with Gasteiger partial charge in [-0.15, -0.1) is 0 Å². The molecular weight excluding hydrogens is 268 g/mol. The van der Waals surface area contributed by atoms with Gasteiger partial charge in [0.05, 0.1) is 12.3 Å². The lowest BCUT2D eigenvalue weighted by Gasteiger charge is -2.11. The van der Waals surface area contributed by atoms with E-state index in [1.807, 2.05) is 20.8 Å². The van der Waals surface area contributed by atoms with Crippen LogP contribution in [0.1, 0.15) is 38.1 Å². The summed E-state index contributed by atoms with van der Waals surface area (Å²) >= 11 is 0. The normalized spacial score (nSPS) is 12.0. The van der Waals surface area contributed by atoms with Gasteiger partial charge in [0.1, 0.15) is 12.3 Å². The van der Waals surface area contributed by atoms with Gasteiger partial charge in [-0.25, -0.2) is 9.98 Å². The maximum Gasteiger partial charge on any atom is 0.216 e. The van der Waals surface area contributed by atoms with Crippen molar-refractivity contribution in [3.8, 4) is 0 Å². The Kier molecular flexibility index (Phi) is 7.82. The van der Waals surface area contributed by atoms with Crippen molar-refractivity contribution in [3.05, 3.63) is 17.3 Å². The van der Waals surface area contributed by atoms with E-state index in [0.717, 1.165) is 37.1 Å². The SMILES string of the molecule is CCNC(=NCc1nc(C)c(C)o1)NCCOCC(C)C. The van der Waals surface area contributed by atoms with Crippen molar-refractivity contribution in [1.29, 1.82) is 0 Å². The summed E-state index contributed by atoms with van der Waals surface area (Å²) in [6.45, 7) is 13.6. The molecule has 2 N–H and O–H groups in total. The van der Waals surface area contributed by atoms with E-state index < -0.39 is 0 Å². The summed E-state index contributed by atoms with van der Waals surface area (Å²) < 4.78 is 11.0. The Bertz CT molecular complexity index is 421. The van der Waals surface area contributed by atoms with E-state index in [1.54, 1.807) is 0 Å². The van der Waals surface area contributed by atoms with Gasteiger partial charge in [-0.05, 0) is 26.7 Å². The Morgan fingerprint density at radius 3 is 2.67 bits per heavy atom. The lowest BCUT2D eigenvalue weighted by Crippen LogP contribution is -2.39. The summed E-state index contributed by atoms with van der Waals surface area (Å²) in [5, 5.41) is 6.42. The maximum atomic E-state index is 5.53. The van der Waals surface area contributed by atoms with Gasteiger partial charge in [-0.2, -0.15) is 0 Å². The zero-order valence-electron chi connectivity index (χ0n) is 13.8. The van der Waals surface area contributed by atoms with Crippen molar-refractivity contribution in [2.24, 2.45) is 10.9 Å². The summed E-state index contributed by atoms with van der Waals surface area (Å²) in [6.07, 6.45) is 0. The summed E-state index contributed by atoms with van der Waals surface area (Å²) in [6, 6.07) is 0. The number of oxazole rings is 1. The van der Waals surface area contributed by atoms with E-state index in [-0.39, 0.29) is 0 Å². The Hall–Kier alpha value is -1.56. The third-order valence-corrected chi connectivity index (χ3v) is 2.78. The van der Waals surface area contributed by atoms with Gasteiger partial charge in [0.15, 0.2) is 5.96 Å². The molecule has 1 rings (SSSR count). The van der Waals surface area contributed by atoms with Gasteiger partial charge in [0, 0.05) is 19.7 Å². The molecule has 1 heterocycles. The number of aliphatic imine (C=N–C) groups is 1. The summed E-state index contributed by atoms with van der Waals surface area (Å²) in [7, 11) is 0. The number of nitrogens with zero attached hydrogens (tertiary/aromatic N) is 2. The van der Waals surface area contributed by atoms with E-state index in [1.165, 1.54) is 0 Å². The molecule has 0 saturated carbocycles. The van der Waals surface area contributed by atoms with Crippen molar-refractivity contribution >= 4 is 5.96 Å². The quantitative estimate of drug-likeness (QED) is 0.436. The predicted molar refractivity (Wildman–Crippen MR) is 84.5 cm³/mol. The number of ether oxygens (including phenoxy) is 1. The fourth-order valence-electron chi connectivity index (χ4n) is 1.66. The van der Waals surface area contributed by atoms with Gasteiger partial charge in [-0.3, -0.25) is 0 Å². The molecule has 0 aliphatic heterocycles. The van der Waals surface area contributed by atoms with E-state index in [2.05, 4.69) is 34.5 Å². The van der Waals surface area contributed by atoms with Crippen LogP contribution in [-0.4, -0.2) is 37.2 Å². The molecular formula is C15H28N4O2. The highest BCUT2D eigenvalue weighted by Crippen LogP contribution is 2.08. The van der Waals surface area contributed by atoms with Crippen LogP contribution in [0.25, 0.3) is 0 Å². The van der Waals surface area contributed by atoms with Crippen LogP contribution < -0.4 is 10.6 Å². The molecule has 0 atom stereocenters. The Balaban J connectivity index is 2.39. The third kappa shape index (κ3) is 7.13. The summed E-state index contributed by atoms with van der Waals surface area (Å²) in [4.78, 5) is 8.77. The van der Waals surface area contributed by atoms with E-state index >= 15 is 0 Å². The first kappa shape index (κ1) is 17.5. The standard InChI is InChI=1S/C15H28N4O2/c1-6-16-15(17-7-8-20-10-11(2)3)18-9-14-19-12(4)13(5)21-14/h11H,6-10H2,1-5H3,(H2,16,17,18). The largest absolute Gasteiger partial charge is 0.444 e. The number of hydrogen-bond acceptors (Lipinski definition) is 4. The zero-order valence-corrected chi connectivity index (χ0v) is 13.8. The fraction of sp³-hybridized carbons (Fsp3) is 0.733. The molecule has 0 unspecified atom stereocenters. The first-order chi connectivity index (χ1) is 10.0. The number of rotatable bonds is 8. The van der Waals surface area contributed by atoms with Crippen molar-refractivity contribution in [2.45, 2.75) is 41.2 Å². The first-order valence-corrected chi connectivity index (χ1v) is 7.55. The van der Waals surface area contributed by atoms with E-state index in [9.17, 15) is 0 Å². The number of hydrogen-bond donors (Lipinski definition) is 2. The minimum atomic E-state index is 0.427. The predicted octanol–water partition coefficient (Wildman–Crippen LogP) is 2.02. The second kappa shape index (κ2) is 9.39. The molecule has 1 aromatic rings. The third-order valence-electron chi connectivity index (χ3n) is 2.78. The molecule has 0 saturated heterocycles. The van der Waals surface area contributed by atoms with Crippen LogP contribution in [0.5, 0.6) is 0 Å². The molecule has 0 aliphatic carbocycles. The van der Waals surface area contributed by atoms with Crippen LogP contribution in [-0.2, 0) is 11.3 Å². The molecule has 120 valence electrons. The molecule has 0 aliphatic rings. The molecule has 21 heavy (non-hydrogen) atoms. The van der Waals surface area contributed by atoms with Gasteiger partial charge in [0.2, 0.25) is 5.89 Å². The number of aromatic nitrogens is 1. The Morgan fingerprint density at radius 1 is 1.33 bits per heavy atom. The van der Waals surface area contributed by atoms with Crippen LogP contribution in [0.4, 0.5) is 0 Å². The van der Waals surface area contributed by atoms with Crippen LogP contribution >= 0.6 is 0 Å². The van der Waals surface area contributed by atoms with E-state index in [4.69, 9.17) is 9.15 Å². The number of aryl methyl sites for hydroxylation is 2. The van der Waals surface area contributed by atoms with Crippen LogP contribution in [0.15, 0.2) is 9.41 Å². The van der Waals surface area contributed by atoms with Crippen LogP contribution in [0.2, 0.25) is 0 Å². The highest BCUT2D eigenvalue weighted by molar-refractivity contribution is 5.79. The van der Waals surface area contributed by atoms with Crippen LogP contribution in [0, 0.1) is 19.8 Å². The highest BCUT2D eigenvalue weighted by Gasteiger charge is 2.05. The average Bonchev–Trinajstić information content (AvgIpc) is 2.74. The topological polar surface area (TPSA) is 71.7 Å². The minimum Gasteiger partial charge on any atom is -0.444 e. The summed E-state index contributed by atoms with van der Waals surface area (Å²) in [5.41, 5.74) is 0.917. The second-order valence-electron chi connectivity index (χ2n) is 5.34. The Labute approximate surface area is 127 Å². The highest BCUT2D eigenvalue weighted by atomic mass is 16.5. The molecule has 1 aromatic heterocycles. The molecule has 6 heteroatoms. The molecule has 0 fully saturated rings. The van der Waals surface area contributed by atoms with Gasteiger partial charge in [-0.1, -0.05) is 13.8 Å². The Morgan fingerprint density at radius 2 is 2.10 bits per heavy atom. The van der Waals surface area contributed by atoms with Gasteiger partial charge in [0.25, 0.3) is 0 Å². The second-order valence-corrected chi connectivity index (χ2v) is 5.34. The average molecular weight is 296 g/mol. The first-order valence-electron chi connectivity index (χ1n) is 7.55. The van der Waals surface area contributed by atoms with Gasteiger partial charge >= 0.3 is 0 Å². The molecule has 0 spiro atoms. The molecule has 0 aromatic carbocycles. The lowest BCUT2D eigenvalue weighted by atomic mass is 10.2. The van der Waals surface area contributed by atoms with Crippen molar-refractivity contribution in [2.75, 3.05) is 26.3 Å². The zero-order chi connectivity index (χ0) is 15.7. The smallest absolute Gasteiger partial charge is 0.216 e.